The van der Waals surface area contributed by atoms with Crippen molar-refractivity contribution in [1.82, 2.24) is 4.90 Å². The summed E-state index contributed by atoms with van der Waals surface area (Å²) >= 11 is 0. The molecule has 1 aliphatic heterocycles. The molecule has 0 N–H and O–H groups in total. The molecule has 1 aromatic carbocycles. The van der Waals surface area contributed by atoms with E-state index in [1.54, 1.807) is 0 Å². The quantitative estimate of drug-likeness (QED) is 0.784. The van der Waals surface area contributed by atoms with Gasteiger partial charge in [0.2, 0.25) is 0 Å². The third kappa shape index (κ3) is 3.35. The zero-order chi connectivity index (χ0) is 16.4. The highest BCUT2D eigenvalue weighted by Crippen LogP contribution is 2.49. The van der Waals surface area contributed by atoms with Crippen molar-refractivity contribution < 1.29 is 13.9 Å². The van der Waals surface area contributed by atoms with E-state index >= 15 is 0 Å². The number of hydrogen-bond donors (Lipinski definition) is 0. The third-order valence-electron chi connectivity index (χ3n) is 5.22. The summed E-state index contributed by atoms with van der Waals surface area (Å²) in [6.45, 7) is 6.08. The van der Waals surface area contributed by atoms with Crippen LogP contribution in [0.4, 0.5) is 0 Å². The van der Waals surface area contributed by atoms with Crippen LogP contribution in [0.25, 0.3) is 0 Å². The van der Waals surface area contributed by atoms with Crippen LogP contribution in [0.15, 0.2) is 46.9 Å². The molecule has 1 spiro atoms. The minimum atomic E-state index is 0.490. The molecular weight excluding hydrogens is 302 g/mol. The second kappa shape index (κ2) is 6.61. The second-order valence-corrected chi connectivity index (χ2v) is 7.08. The number of likely N-dealkylation sites (tertiary alicyclic amines) is 1. The summed E-state index contributed by atoms with van der Waals surface area (Å²) in [4.78, 5) is 2.49. The highest BCUT2D eigenvalue weighted by Gasteiger charge is 2.48. The lowest BCUT2D eigenvalue weighted by Crippen LogP contribution is -2.44. The summed E-state index contributed by atoms with van der Waals surface area (Å²) in [5.41, 5.74) is 0.496. The first-order chi connectivity index (χ1) is 11.7. The van der Waals surface area contributed by atoms with Crippen molar-refractivity contribution in [3.05, 3.63) is 48.2 Å². The Morgan fingerprint density at radius 2 is 2.00 bits per heavy atom. The smallest absolute Gasteiger partial charge is 0.290 e. The number of para-hydroxylation sites is 1. The maximum atomic E-state index is 5.84. The standard InChI is InChI=1S/C20H25NO3/c1-2-22-18-12-20(13-18)10-11-21(15-20)14-17-8-9-19(24-17)23-16-6-4-3-5-7-16/h3-9,18H,2,10-15H2,1H3. The molecule has 2 aromatic rings. The van der Waals surface area contributed by atoms with E-state index in [-0.39, 0.29) is 0 Å². The van der Waals surface area contributed by atoms with Crippen LogP contribution >= 0.6 is 0 Å². The predicted octanol–water partition coefficient (Wildman–Crippen LogP) is 4.46. The summed E-state index contributed by atoms with van der Waals surface area (Å²) in [5, 5.41) is 0. The summed E-state index contributed by atoms with van der Waals surface area (Å²) in [6.07, 6.45) is 4.21. The normalized spacial score (nSPS) is 26.6. The second-order valence-electron chi connectivity index (χ2n) is 7.08. The average molecular weight is 327 g/mol. The van der Waals surface area contributed by atoms with Crippen molar-refractivity contribution in [2.45, 2.75) is 38.8 Å². The van der Waals surface area contributed by atoms with Gasteiger partial charge in [0.05, 0.1) is 12.6 Å². The van der Waals surface area contributed by atoms with Crippen LogP contribution in [0.2, 0.25) is 0 Å². The van der Waals surface area contributed by atoms with Gasteiger partial charge in [0.1, 0.15) is 11.5 Å². The highest BCUT2D eigenvalue weighted by atomic mass is 16.6. The molecule has 0 bridgehead atoms. The number of hydrogen-bond acceptors (Lipinski definition) is 4. The number of benzene rings is 1. The summed E-state index contributed by atoms with van der Waals surface area (Å²) in [7, 11) is 0. The van der Waals surface area contributed by atoms with Crippen LogP contribution in [-0.2, 0) is 11.3 Å². The van der Waals surface area contributed by atoms with Gasteiger partial charge in [0.15, 0.2) is 0 Å². The number of furan rings is 1. The van der Waals surface area contributed by atoms with Gasteiger partial charge in [-0.2, -0.15) is 0 Å². The van der Waals surface area contributed by atoms with Crippen LogP contribution in [0.1, 0.15) is 31.9 Å². The minimum absolute atomic E-state index is 0.490. The average Bonchev–Trinajstić information content (AvgIpc) is 3.16. The fourth-order valence-corrected chi connectivity index (χ4v) is 4.08. The van der Waals surface area contributed by atoms with E-state index in [1.807, 2.05) is 42.5 Å². The van der Waals surface area contributed by atoms with E-state index in [4.69, 9.17) is 13.9 Å². The van der Waals surface area contributed by atoms with Crippen molar-refractivity contribution in [1.29, 1.82) is 0 Å². The van der Waals surface area contributed by atoms with Crippen molar-refractivity contribution in [2.75, 3.05) is 19.7 Å². The first-order valence-electron chi connectivity index (χ1n) is 8.90. The molecule has 4 rings (SSSR count). The fraction of sp³-hybridized carbons (Fsp3) is 0.500. The Kier molecular flexibility index (Phi) is 4.33. The molecule has 1 aromatic heterocycles. The Bertz CT molecular complexity index is 661. The molecule has 128 valence electrons. The lowest BCUT2D eigenvalue weighted by molar-refractivity contribution is -0.0719. The van der Waals surface area contributed by atoms with Crippen molar-refractivity contribution >= 4 is 0 Å². The molecule has 2 fully saturated rings. The molecule has 2 heterocycles. The van der Waals surface area contributed by atoms with Crippen LogP contribution in [0.5, 0.6) is 11.7 Å². The van der Waals surface area contributed by atoms with Gasteiger partial charge < -0.3 is 13.9 Å². The Morgan fingerprint density at radius 1 is 1.17 bits per heavy atom. The highest BCUT2D eigenvalue weighted by molar-refractivity contribution is 5.26. The first-order valence-corrected chi connectivity index (χ1v) is 8.90. The van der Waals surface area contributed by atoms with E-state index in [9.17, 15) is 0 Å². The molecule has 1 aliphatic carbocycles. The van der Waals surface area contributed by atoms with Gasteiger partial charge in [0.25, 0.3) is 5.95 Å². The van der Waals surface area contributed by atoms with Gasteiger partial charge in [-0.3, -0.25) is 4.90 Å². The zero-order valence-electron chi connectivity index (χ0n) is 14.2. The Balaban J connectivity index is 1.29. The third-order valence-corrected chi connectivity index (χ3v) is 5.22. The molecule has 24 heavy (non-hydrogen) atoms. The van der Waals surface area contributed by atoms with Crippen molar-refractivity contribution in [2.24, 2.45) is 5.41 Å². The molecule has 0 atom stereocenters. The minimum Gasteiger partial charge on any atom is -0.429 e. The van der Waals surface area contributed by atoms with Crippen LogP contribution in [0.3, 0.4) is 0 Å². The monoisotopic (exact) mass is 327 g/mol. The van der Waals surface area contributed by atoms with E-state index in [0.29, 0.717) is 17.5 Å². The molecule has 1 saturated heterocycles. The fourth-order valence-electron chi connectivity index (χ4n) is 4.08. The molecule has 2 aliphatic rings. The van der Waals surface area contributed by atoms with Gasteiger partial charge in [-0.25, -0.2) is 0 Å². The molecular formula is C20H25NO3. The Labute approximate surface area is 143 Å². The van der Waals surface area contributed by atoms with Crippen LogP contribution in [-0.4, -0.2) is 30.7 Å². The first kappa shape index (κ1) is 15.7. The van der Waals surface area contributed by atoms with Gasteiger partial charge in [0, 0.05) is 19.2 Å². The Morgan fingerprint density at radius 3 is 2.79 bits per heavy atom. The summed E-state index contributed by atoms with van der Waals surface area (Å²) in [6, 6.07) is 13.7. The van der Waals surface area contributed by atoms with Gasteiger partial charge in [-0.05, 0) is 56.3 Å². The van der Waals surface area contributed by atoms with E-state index in [0.717, 1.165) is 37.8 Å². The predicted molar refractivity (Wildman–Crippen MR) is 92.2 cm³/mol. The molecule has 1 saturated carbocycles. The molecule has 0 radical (unpaired) electrons. The van der Waals surface area contributed by atoms with Crippen LogP contribution in [0, 0.1) is 5.41 Å². The van der Waals surface area contributed by atoms with Gasteiger partial charge >= 0.3 is 0 Å². The number of rotatable bonds is 6. The topological polar surface area (TPSA) is 34.8 Å². The molecule has 4 heteroatoms. The molecule has 0 unspecified atom stereocenters. The largest absolute Gasteiger partial charge is 0.429 e. The SMILES string of the molecule is CCOC1CC2(CCN(Cc3ccc(Oc4ccccc4)o3)C2)C1. The number of nitrogens with zero attached hydrogens (tertiary/aromatic N) is 1. The maximum Gasteiger partial charge on any atom is 0.290 e. The van der Waals surface area contributed by atoms with Crippen LogP contribution < -0.4 is 4.74 Å². The van der Waals surface area contributed by atoms with E-state index < -0.39 is 0 Å². The number of ether oxygens (including phenoxy) is 2. The van der Waals surface area contributed by atoms with Crippen molar-refractivity contribution in [3.63, 3.8) is 0 Å². The van der Waals surface area contributed by atoms with E-state index in [2.05, 4.69) is 11.8 Å². The van der Waals surface area contributed by atoms with Gasteiger partial charge in [-0.15, -0.1) is 0 Å². The Hall–Kier alpha value is -1.78. The molecule has 4 nitrogen and oxygen atoms in total. The maximum absolute atomic E-state index is 5.84. The van der Waals surface area contributed by atoms with E-state index in [1.165, 1.54) is 19.3 Å². The van der Waals surface area contributed by atoms with Gasteiger partial charge in [-0.1, -0.05) is 18.2 Å². The summed E-state index contributed by atoms with van der Waals surface area (Å²) < 4.78 is 17.3. The lowest BCUT2D eigenvalue weighted by atomic mass is 9.66. The molecule has 0 amide bonds. The lowest BCUT2D eigenvalue weighted by Gasteiger charge is -2.44. The zero-order valence-corrected chi connectivity index (χ0v) is 14.2. The summed E-state index contributed by atoms with van der Waals surface area (Å²) in [5.74, 6) is 2.33. The van der Waals surface area contributed by atoms with Crippen molar-refractivity contribution in [3.8, 4) is 11.7 Å².